The number of aryl methyl sites for hydroxylation is 2. The number of amides is 1. The van der Waals surface area contributed by atoms with Gasteiger partial charge in [-0.1, -0.05) is 18.2 Å². The summed E-state index contributed by atoms with van der Waals surface area (Å²) in [5.41, 5.74) is 6.01. The number of aromatic nitrogens is 4. The summed E-state index contributed by atoms with van der Waals surface area (Å²) in [6.07, 6.45) is 5.38. The first-order chi connectivity index (χ1) is 16.5. The molecule has 0 radical (unpaired) electrons. The molecule has 0 bridgehead atoms. The van der Waals surface area contributed by atoms with Gasteiger partial charge < -0.3 is 15.5 Å². The Kier molecular flexibility index (Phi) is 5.77. The van der Waals surface area contributed by atoms with E-state index in [0.29, 0.717) is 43.6 Å². The maximum absolute atomic E-state index is 12.1. The van der Waals surface area contributed by atoms with E-state index in [1.54, 1.807) is 6.20 Å². The summed E-state index contributed by atoms with van der Waals surface area (Å²) in [7, 11) is 0. The summed E-state index contributed by atoms with van der Waals surface area (Å²) in [5, 5.41) is 27.0. The molecule has 9 heteroatoms. The molecule has 0 atom stereocenters. The number of carbonyl (C=O) groups is 2. The van der Waals surface area contributed by atoms with E-state index in [1.165, 1.54) is 4.68 Å². The van der Waals surface area contributed by atoms with Gasteiger partial charge in [0.1, 0.15) is 12.3 Å². The van der Waals surface area contributed by atoms with Crippen molar-refractivity contribution in [2.45, 2.75) is 25.8 Å². The Morgan fingerprint density at radius 3 is 2.76 bits per heavy atom. The highest BCUT2D eigenvalue weighted by Gasteiger charge is 2.28. The smallest absolute Gasteiger partial charge is 0.354 e. The first kappa shape index (κ1) is 21.7. The molecule has 0 spiro atoms. The Hall–Kier alpha value is -4.11. The van der Waals surface area contributed by atoms with E-state index in [0.717, 1.165) is 33.3 Å². The zero-order valence-electron chi connectivity index (χ0n) is 18.4. The van der Waals surface area contributed by atoms with Crippen LogP contribution in [0.2, 0.25) is 0 Å². The molecule has 4 aromatic rings. The maximum atomic E-state index is 12.1. The summed E-state index contributed by atoms with van der Waals surface area (Å²) in [6.45, 7) is 0.0845. The summed E-state index contributed by atoms with van der Waals surface area (Å²) < 4.78 is 1.50. The molecule has 5 rings (SSSR count). The molecule has 0 fully saturated rings. The SMILES string of the molecule is O=C(CO)NCCCn1nc2c(c1C(=O)O)CCc1cnc(-c3cnc4ccccc4c3)cc1-2. The van der Waals surface area contributed by atoms with Crippen LogP contribution in [-0.2, 0) is 24.2 Å². The Labute approximate surface area is 195 Å². The van der Waals surface area contributed by atoms with Crippen molar-refractivity contribution in [3.63, 3.8) is 0 Å². The van der Waals surface area contributed by atoms with Crippen LogP contribution in [0.25, 0.3) is 33.4 Å². The van der Waals surface area contributed by atoms with Gasteiger partial charge in [0.05, 0.1) is 16.9 Å². The van der Waals surface area contributed by atoms with Crippen molar-refractivity contribution >= 4 is 22.8 Å². The van der Waals surface area contributed by atoms with Gasteiger partial charge in [-0.25, -0.2) is 4.79 Å². The number of hydrogen-bond acceptors (Lipinski definition) is 6. The van der Waals surface area contributed by atoms with Crippen LogP contribution in [0.5, 0.6) is 0 Å². The zero-order valence-corrected chi connectivity index (χ0v) is 18.4. The van der Waals surface area contributed by atoms with Gasteiger partial charge in [-0.05, 0) is 43.0 Å². The fourth-order valence-corrected chi connectivity index (χ4v) is 4.40. The number of nitrogens with zero attached hydrogens (tertiary/aromatic N) is 4. The van der Waals surface area contributed by atoms with Gasteiger partial charge in [0.15, 0.2) is 0 Å². The number of carbonyl (C=O) groups excluding carboxylic acids is 1. The molecule has 1 aliphatic rings. The lowest BCUT2D eigenvalue weighted by Gasteiger charge is -2.16. The molecule has 0 unspecified atom stereocenters. The Balaban J connectivity index is 1.49. The van der Waals surface area contributed by atoms with Gasteiger partial charge in [0.2, 0.25) is 5.91 Å². The van der Waals surface area contributed by atoms with E-state index < -0.39 is 18.5 Å². The number of aromatic carboxylic acids is 1. The van der Waals surface area contributed by atoms with E-state index in [9.17, 15) is 14.7 Å². The van der Waals surface area contributed by atoms with Crippen LogP contribution >= 0.6 is 0 Å². The molecule has 3 heterocycles. The number of hydrogen-bond donors (Lipinski definition) is 3. The molecular formula is C25H23N5O4. The van der Waals surface area contributed by atoms with Gasteiger partial charge >= 0.3 is 5.97 Å². The third kappa shape index (κ3) is 4.01. The van der Waals surface area contributed by atoms with Crippen LogP contribution in [0.15, 0.2) is 48.8 Å². The highest BCUT2D eigenvalue weighted by Crippen LogP contribution is 2.36. The quantitative estimate of drug-likeness (QED) is 0.363. The molecule has 0 saturated carbocycles. The van der Waals surface area contributed by atoms with E-state index >= 15 is 0 Å². The molecule has 34 heavy (non-hydrogen) atoms. The second-order valence-corrected chi connectivity index (χ2v) is 8.21. The lowest BCUT2D eigenvalue weighted by atomic mass is 9.89. The van der Waals surface area contributed by atoms with Gasteiger partial charge in [-0.3, -0.25) is 19.4 Å². The van der Waals surface area contributed by atoms with Crippen LogP contribution < -0.4 is 5.32 Å². The Bertz CT molecular complexity index is 1410. The van der Waals surface area contributed by atoms with Crippen LogP contribution in [0.3, 0.4) is 0 Å². The number of pyridine rings is 2. The van der Waals surface area contributed by atoms with E-state index in [4.69, 9.17) is 5.11 Å². The molecule has 3 N–H and O–H groups in total. The molecule has 0 aliphatic heterocycles. The monoisotopic (exact) mass is 457 g/mol. The molecule has 1 aromatic carbocycles. The molecule has 1 aliphatic carbocycles. The van der Waals surface area contributed by atoms with Crippen molar-refractivity contribution in [2.75, 3.05) is 13.2 Å². The molecule has 9 nitrogen and oxygen atoms in total. The first-order valence-corrected chi connectivity index (χ1v) is 11.1. The third-order valence-electron chi connectivity index (χ3n) is 6.04. The van der Waals surface area contributed by atoms with Crippen molar-refractivity contribution in [3.8, 4) is 22.5 Å². The minimum absolute atomic E-state index is 0.180. The van der Waals surface area contributed by atoms with E-state index in [-0.39, 0.29) is 5.69 Å². The lowest BCUT2D eigenvalue weighted by molar-refractivity contribution is -0.123. The number of aliphatic hydroxyl groups excluding tert-OH is 1. The number of nitrogens with one attached hydrogen (secondary N) is 1. The fraction of sp³-hybridized carbons (Fsp3) is 0.240. The van der Waals surface area contributed by atoms with Crippen molar-refractivity contribution < 1.29 is 19.8 Å². The van der Waals surface area contributed by atoms with Gasteiger partial charge in [-0.15, -0.1) is 0 Å². The predicted octanol–water partition coefficient (Wildman–Crippen LogP) is 2.46. The van der Waals surface area contributed by atoms with Crippen LogP contribution in [0.1, 0.15) is 28.0 Å². The molecular weight excluding hydrogens is 434 g/mol. The summed E-state index contributed by atoms with van der Waals surface area (Å²) in [6, 6.07) is 11.9. The maximum Gasteiger partial charge on any atom is 0.354 e. The largest absolute Gasteiger partial charge is 0.477 e. The number of benzene rings is 1. The number of rotatable bonds is 7. The minimum Gasteiger partial charge on any atom is -0.477 e. The van der Waals surface area contributed by atoms with Gasteiger partial charge in [0, 0.05) is 47.6 Å². The first-order valence-electron chi connectivity index (χ1n) is 11.1. The summed E-state index contributed by atoms with van der Waals surface area (Å²) in [4.78, 5) is 32.5. The van der Waals surface area contributed by atoms with Crippen molar-refractivity contribution in [1.29, 1.82) is 0 Å². The molecule has 0 saturated heterocycles. The highest BCUT2D eigenvalue weighted by atomic mass is 16.4. The van der Waals surface area contributed by atoms with Gasteiger partial charge in [0.25, 0.3) is 0 Å². The second-order valence-electron chi connectivity index (χ2n) is 8.21. The Morgan fingerprint density at radius 1 is 1.09 bits per heavy atom. The number of fused-ring (bicyclic) bond motifs is 4. The third-order valence-corrected chi connectivity index (χ3v) is 6.04. The van der Waals surface area contributed by atoms with Crippen molar-refractivity contribution in [2.24, 2.45) is 0 Å². The summed E-state index contributed by atoms with van der Waals surface area (Å²) in [5.74, 6) is -1.49. The fourth-order valence-electron chi connectivity index (χ4n) is 4.40. The van der Waals surface area contributed by atoms with Crippen molar-refractivity contribution in [1.82, 2.24) is 25.1 Å². The van der Waals surface area contributed by atoms with Crippen LogP contribution in [-0.4, -0.2) is 55.0 Å². The standard InChI is InChI=1S/C25H23N5O4/c31-14-22(32)26-8-3-9-30-24(25(33)34)18-7-6-16-12-28-21(11-19(16)23(18)29-30)17-10-15-4-1-2-5-20(15)27-13-17/h1-2,4-5,10-13,31H,3,6-9,14H2,(H,26,32)(H,33,34). The van der Waals surface area contributed by atoms with Gasteiger partial charge in [-0.2, -0.15) is 5.10 Å². The summed E-state index contributed by atoms with van der Waals surface area (Å²) >= 11 is 0. The van der Waals surface area contributed by atoms with Crippen molar-refractivity contribution in [3.05, 3.63) is 65.6 Å². The number of aliphatic hydroxyl groups is 1. The number of carboxylic acids is 1. The predicted molar refractivity (Wildman–Crippen MR) is 125 cm³/mol. The number of para-hydroxylation sites is 1. The normalized spacial score (nSPS) is 12.3. The molecule has 1 amide bonds. The van der Waals surface area contributed by atoms with Crippen LogP contribution in [0.4, 0.5) is 0 Å². The number of carboxylic acid groups (broad SMARTS) is 1. The Morgan fingerprint density at radius 2 is 1.94 bits per heavy atom. The van der Waals surface area contributed by atoms with E-state index in [1.807, 2.05) is 42.6 Å². The second kappa shape index (κ2) is 9.03. The molecule has 172 valence electrons. The highest BCUT2D eigenvalue weighted by molar-refractivity contribution is 5.91. The minimum atomic E-state index is -1.02. The molecule has 3 aromatic heterocycles. The average molecular weight is 457 g/mol. The lowest BCUT2D eigenvalue weighted by Crippen LogP contribution is -2.28. The average Bonchev–Trinajstić information content (AvgIpc) is 3.25. The topological polar surface area (TPSA) is 130 Å². The zero-order chi connectivity index (χ0) is 23.7. The van der Waals surface area contributed by atoms with Crippen LogP contribution in [0, 0.1) is 0 Å². The van der Waals surface area contributed by atoms with E-state index in [2.05, 4.69) is 20.4 Å².